The van der Waals surface area contributed by atoms with Gasteiger partial charge in [0.2, 0.25) is 0 Å². The zero-order valence-electron chi connectivity index (χ0n) is 15.9. The van der Waals surface area contributed by atoms with Gasteiger partial charge in [0, 0.05) is 68.9 Å². The first kappa shape index (κ1) is 18.6. The predicted molar refractivity (Wildman–Crippen MR) is 105 cm³/mol. The number of methoxy groups -OCH3 is 1. The average molecular weight is 381 g/mol. The number of nitrogens with one attached hydrogen (secondary N) is 1. The van der Waals surface area contributed by atoms with Crippen LogP contribution >= 0.6 is 0 Å². The van der Waals surface area contributed by atoms with E-state index in [4.69, 9.17) is 4.74 Å². The molecule has 1 aliphatic heterocycles. The molecule has 3 heterocycles. The third-order valence-corrected chi connectivity index (χ3v) is 5.15. The van der Waals surface area contributed by atoms with Crippen LogP contribution in [0.5, 0.6) is 5.75 Å². The second-order valence-corrected chi connectivity index (χ2v) is 7.03. The smallest absolute Gasteiger partial charge is 0.136 e. The summed E-state index contributed by atoms with van der Waals surface area (Å²) in [7, 11) is 1.53. The molecule has 0 atom stereocenters. The highest BCUT2D eigenvalue weighted by Crippen LogP contribution is 2.28. The van der Waals surface area contributed by atoms with Gasteiger partial charge in [-0.05, 0) is 23.8 Å². The topological polar surface area (TPSA) is 57.3 Å². The Morgan fingerprint density at radius 3 is 2.54 bits per heavy atom. The fourth-order valence-corrected chi connectivity index (χ4v) is 3.59. The number of pyridine rings is 1. The third-order valence-electron chi connectivity index (χ3n) is 5.15. The van der Waals surface area contributed by atoms with Crippen molar-refractivity contribution in [3.8, 4) is 17.0 Å². The summed E-state index contributed by atoms with van der Waals surface area (Å²) in [4.78, 5) is 9.01. The van der Waals surface area contributed by atoms with Crippen LogP contribution in [-0.2, 0) is 13.1 Å². The van der Waals surface area contributed by atoms with E-state index in [1.807, 2.05) is 12.3 Å². The standard InChI is InChI=1S/C21H24FN5O/c1-28-18-4-5-19(20(22)11-18)21-17(13-24-25-21)15-27-9-7-26(8-10-27)14-16-3-2-6-23-12-16/h2-6,11-13H,7-10,14-15H2,1H3,(H,24,25). The van der Waals surface area contributed by atoms with Crippen molar-refractivity contribution in [1.29, 1.82) is 0 Å². The highest BCUT2D eigenvalue weighted by molar-refractivity contribution is 5.64. The molecule has 0 unspecified atom stereocenters. The molecular formula is C21H24FN5O. The summed E-state index contributed by atoms with van der Waals surface area (Å²) in [6.45, 7) is 5.61. The molecule has 1 aromatic carbocycles. The van der Waals surface area contributed by atoms with Crippen LogP contribution in [0.25, 0.3) is 11.3 Å². The van der Waals surface area contributed by atoms with Gasteiger partial charge in [0.15, 0.2) is 0 Å². The molecule has 2 aromatic heterocycles. The van der Waals surface area contributed by atoms with E-state index < -0.39 is 0 Å². The molecule has 0 aliphatic carbocycles. The lowest BCUT2D eigenvalue weighted by atomic mass is 10.1. The first-order chi connectivity index (χ1) is 13.7. The van der Waals surface area contributed by atoms with E-state index in [0.29, 0.717) is 11.3 Å². The van der Waals surface area contributed by atoms with Gasteiger partial charge < -0.3 is 4.74 Å². The zero-order valence-corrected chi connectivity index (χ0v) is 15.9. The molecule has 4 rings (SSSR count). The minimum absolute atomic E-state index is 0.314. The molecule has 0 amide bonds. The summed E-state index contributed by atoms with van der Waals surface area (Å²) in [6.07, 6.45) is 5.52. The van der Waals surface area contributed by atoms with Crippen LogP contribution in [0.1, 0.15) is 11.1 Å². The van der Waals surface area contributed by atoms with Gasteiger partial charge in [-0.15, -0.1) is 0 Å². The largest absolute Gasteiger partial charge is 0.497 e. The Balaban J connectivity index is 1.38. The van der Waals surface area contributed by atoms with Gasteiger partial charge in [-0.1, -0.05) is 6.07 Å². The number of ether oxygens (including phenoxy) is 1. The molecule has 7 heteroatoms. The van der Waals surface area contributed by atoms with Crippen molar-refractivity contribution in [2.45, 2.75) is 13.1 Å². The highest BCUT2D eigenvalue weighted by Gasteiger charge is 2.20. The Labute approximate surface area is 164 Å². The molecule has 0 radical (unpaired) electrons. The lowest BCUT2D eigenvalue weighted by molar-refractivity contribution is 0.122. The van der Waals surface area contributed by atoms with Crippen LogP contribution in [0.2, 0.25) is 0 Å². The van der Waals surface area contributed by atoms with Gasteiger partial charge in [-0.2, -0.15) is 5.10 Å². The van der Waals surface area contributed by atoms with E-state index in [9.17, 15) is 4.39 Å². The minimum atomic E-state index is -0.314. The van der Waals surface area contributed by atoms with E-state index >= 15 is 0 Å². The normalized spacial score (nSPS) is 15.6. The van der Waals surface area contributed by atoms with Gasteiger partial charge in [0.25, 0.3) is 0 Å². The maximum Gasteiger partial charge on any atom is 0.136 e. The fraction of sp³-hybridized carbons (Fsp3) is 0.333. The number of H-pyrrole nitrogens is 1. The number of aromatic amines is 1. The number of halogens is 1. The number of nitrogens with zero attached hydrogens (tertiary/aromatic N) is 4. The second-order valence-electron chi connectivity index (χ2n) is 7.03. The fourth-order valence-electron chi connectivity index (χ4n) is 3.59. The Bertz CT molecular complexity index is 906. The summed E-state index contributed by atoms with van der Waals surface area (Å²) in [5.41, 5.74) is 3.49. The minimum Gasteiger partial charge on any atom is -0.497 e. The molecule has 146 valence electrons. The number of aromatic nitrogens is 3. The lowest BCUT2D eigenvalue weighted by Gasteiger charge is -2.34. The summed E-state index contributed by atoms with van der Waals surface area (Å²) < 4.78 is 19.6. The van der Waals surface area contributed by atoms with Crippen molar-refractivity contribution in [3.63, 3.8) is 0 Å². The molecule has 6 nitrogen and oxygen atoms in total. The molecule has 1 aliphatic rings. The summed E-state index contributed by atoms with van der Waals surface area (Å²) in [5, 5.41) is 7.11. The molecule has 28 heavy (non-hydrogen) atoms. The summed E-state index contributed by atoms with van der Waals surface area (Å²) >= 11 is 0. The van der Waals surface area contributed by atoms with Crippen LogP contribution in [0.3, 0.4) is 0 Å². The lowest BCUT2D eigenvalue weighted by Crippen LogP contribution is -2.45. The van der Waals surface area contributed by atoms with E-state index in [1.165, 1.54) is 18.7 Å². The van der Waals surface area contributed by atoms with Crippen molar-refractivity contribution in [3.05, 3.63) is 65.9 Å². The third kappa shape index (κ3) is 4.21. The van der Waals surface area contributed by atoms with Crippen LogP contribution in [0.15, 0.2) is 48.9 Å². The van der Waals surface area contributed by atoms with E-state index in [0.717, 1.165) is 50.5 Å². The van der Waals surface area contributed by atoms with Crippen molar-refractivity contribution < 1.29 is 9.13 Å². The molecule has 1 fully saturated rings. The van der Waals surface area contributed by atoms with Gasteiger partial charge in [0.05, 0.1) is 19.0 Å². The molecule has 0 bridgehead atoms. The Morgan fingerprint density at radius 1 is 1.07 bits per heavy atom. The zero-order chi connectivity index (χ0) is 19.3. The van der Waals surface area contributed by atoms with Crippen LogP contribution < -0.4 is 4.74 Å². The first-order valence-electron chi connectivity index (χ1n) is 9.42. The Hall–Kier alpha value is -2.77. The monoisotopic (exact) mass is 381 g/mol. The van der Waals surface area contributed by atoms with Gasteiger partial charge in [0.1, 0.15) is 11.6 Å². The van der Waals surface area contributed by atoms with Crippen molar-refractivity contribution >= 4 is 0 Å². The molecular weight excluding hydrogens is 357 g/mol. The van der Waals surface area contributed by atoms with Gasteiger partial charge in [-0.25, -0.2) is 4.39 Å². The predicted octanol–water partition coefficient (Wildman–Crippen LogP) is 2.94. The number of rotatable bonds is 6. The molecule has 0 saturated carbocycles. The number of benzene rings is 1. The maximum atomic E-state index is 14.5. The van der Waals surface area contributed by atoms with Crippen LogP contribution in [0.4, 0.5) is 4.39 Å². The summed E-state index contributed by atoms with van der Waals surface area (Å²) in [5.74, 6) is 0.193. The molecule has 1 saturated heterocycles. The number of hydrogen-bond acceptors (Lipinski definition) is 5. The second kappa shape index (κ2) is 8.50. The van der Waals surface area contributed by atoms with Crippen LogP contribution in [0, 0.1) is 5.82 Å². The van der Waals surface area contributed by atoms with E-state index in [-0.39, 0.29) is 5.82 Å². The first-order valence-corrected chi connectivity index (χ1v) is 9.42. The SMILES string of the molecule is COc1ccc(-c2[nH]ncc2CN2CCN(Cc3cccnc3)CC2)c(F)c1. The highest BCUT2D eigenvalue weighted by atomic mass is 19.1. The average Bonchev–Trinajstić information content (AvgIpc) is 3.18. The number of hydrogen-bond donors (Lipinski definition) is 1. The number of piperazine rings is 1. The van der Waals surface area contributed by atoms with Gasteiger partial charge in [-0.3, -0.25) is 19.9 Å². The van der Waals surface area contributed by atoms with E-state index in [1.54, 1.807) is 24.5 Å². The molecule has 3 aromatic rings. The van der Waals surface area contributed by atoms with Crippen molar-refractivity contribution in [2.75, 3.05) is 33.3 Å². The molecule has 0 spiro atoms. The van der Waals surface area contributed by atoms with Crippen molar-refractivity contribution in [1.82, 2.24) is 25.0 Å². The van der Waals surface area contributed by atoms with E-state index in [2.05, 4.69) is 31.0 Å². The van der Waals surface area contributed by atoms with Crippen molar-refractivity contribution in [2.24, 2.45) is 0 Å². The maximum absolute atomic E-state index is 14.5. The summed E-state index contributed by atoms with van der Waals surface area (Å²) in [6, 6.07) is 8.99. The Morgan fingerprint density at radius 2 is 1.86 bits per heavy atom. The quantitative estimate of drug-likeness (QED) is 0.712. The molecule has 1 N–H and O–H groups in total. The van der Waals surface area contributed by atoms with Crippen LogP contribution in [-0.4, -0.2) is 58.3 Å². The van der Waals surface area contributed by atoms with Gasteiger partial charge >= 0.3 is 0 Å². The Kier molecular flexibility index (Phi) is 5.64.